The summed E-state index contributed by atoms with van der Waals surface area (Å²) in [5.41, 5.74) is 7.06. The van der Waals surface area contributed by atoms with Gasteiger partial charge in [-0.25, -0.2) is 0 Å². The molecule has 0 spiro atoms. The van der Waals surface area contributed by atoms with Gasteiger partial charge in [0.15, 0.2) is 0 Å². The minimum atomic E-state index is 0.602. The second kappa shape index (κ2) is 7.63. The molecule has 2 atom stereocenters. The molecule has 2 unspecified atom stereocenters. The number of piperidine rings is 1. The fourth-order valence-corrected chi connectivity index (χ4v) is 2.97. The Bertz CT molecular complexity index is 352. The van der Waals surface area contributed by atoms with Crippen LogP contribution >= 0.6 is 0 Å². The van der Waals surface area contributed by atoms with Crippen LogP contribution in [0.15, 0.2) is 30.3 Å². The lowest BCUT2D eigenvalue weighted by molar-refractivity contribution is 0.141. The van der Waals surface area contributed by atoms with Crippen LogP contribution in [0.25, 0.3) is 0 Å². The highest BCUT2D eigenvalue weighted by Gasteiger charge is 2.25. The number of hydrogen-bond acceptors (Lipinski definition) is 3. The summed E-state index contributed by atoms with van der Waals surface area (Å²) in [7, 11) is 0. The molecule has 1 heterocycles. The molecule has 1 fully saturated rings. The molecule has 1 aliphatic rings. The van der Waals surface area contributed by atoms with Crippen molar-refractivity contribution in [1.29, 1.82) is 0 Å². The highest BCUT2D eigenvalue weighted by molar-refractivity contribution is 5.14. The third kappa shape index (κ3) is 4.60. The number of benzene rings is 1. The Morgan fingerprint density at radius 2 is 2.05 bits per heavy atom. The molecule has 1 aromatic carbocycles. The number of nitrogens with one attached hydrogen (secondary N) is 1. The minimum Gasteiger partial charge on any atom is -0.329 e. The van der Waals surface area contributed by atoms with Crippen molar-refractivity contribution in [3.8, 4) is 0 Å². The van der Waals surface area contributed by atoms with E-state index in [1.54, 1.807) is 0 Å². The molecular weight excluding hydrogens is 234 g/mol. The van der Waals surface area contributed by atoms with Crippen LogP contribution in [0.4, 0.5) is 0 Å². The first-order valence-corrected chi connectivity index (χ1v) is 7.51. The van der Waals surface area contributed by atoms with Crippen LogP contribution < -0.4 is 11.1 Å². The second-order valence-electron chi connectivity index (χ2n) is 5.62. The first-order chi connectivity index (χ1) is 9.31. The summed E-state index contributed by atoms with van der Waals surface area (Å²) in [5, 5.41) is 3.71. The fraction of sp³-hybridized carbons (Fsp3) is 0.625. The van der Waals surface area contributed by atoms with Crippen molar-refractivity contribution >= 4 is 0 Å². The normalized spacial score (nSPS) is 24.5. The molecule has 1 aliphatic heterocycles. The number of hydrogen-bond donors (Lipinski definition) is 2. The van der Waals surface area contributed by atoms with Gasteiger partial charge in [-0.3, -0.25) is 0 Å². The van der Waals surface area contributed by atoms with E-state index in [0.29, 0.717) is 6.04 Å². The molecule has 0 aromatic heterocycles. The number of nitrogens with zero attached hydrogens (tertiary/aromatic N) is 1. The van der Waals surface area contributed by atoms with Gasteiger partial charge in [0, 0.05) is 38.8 Å². The van der Waals surface area contributed by atoms with Gasteiger partial charge in [0.1, 0.15) is 0 Å². The molecule has 106 valence electrons. The monoisotopic (exact) mass is 261 g/mol. The van der Waals surface area contributed by atoms with Crippen LogP contribution in [0.2, 0.25) is 0 Å². The average molecular weight is 261 g/mol. The van der Waals surface area contributed by atoms with Gasteiger partial charge < -0.3 is 16.0 Å². The molecule has 2 rings (SSSR count). The number of rotatable bonds is 6. The SMILES string of the molecule is CCC1CC(NCc2ccccc2)CN(CCN)C1. The van der Waals surface area contributed by atoms with Crippen LogP contribution in [0.3, 0.4) is 0 Å². The standard InChI is InChI=1S/C16H27N3/c1-2-14-10-16(13-19(12-14)9-8-17)18-11-15-6-4-3-5-7-15/h3-7,14,16,18H,2,8-13,17H2,1H3. The predicted octanol–water partition coefficient (Wildman–Crippen LogP) is 1.84. The topological polar surface area (TPSA) is 41.3 Å². The van der Waals surface area contributed by atoms with E-state index in [9.17, 15) is 0 Å². The van der Waals surface area contributed by atoms with Crippen LogP contribution in [0, 0.1) is 5.92 Å². The van der Waals surface area contributed by atoms with Crippen molar-refractivity contribution in [2.45, 2.75) is 32.4 Å². The maximum Gasteiger partial charge on any atom is 0.0208 e. The summed E-state index contributed by atoms with van der Waals surface area (Å²) in [5.74, 6) is 0.813. The van der Waals surface area contributed by atoms with Crippen LogP contribution in [0.1, 0.15) is 25.3 Å². The maximum atomic E-state index is 5.69. The Hall–Kier alpha value is -0.900. The molecule has 1 saturated heterocycles. The highest BCUT2D eigenvalue weighted by atomic mass is 15.2. The molecule has 3 heteroatoms. The van der Waals surface area contributed by atoms with E-state index in [4.69, 9.17) is 5.73 Å². The van der Waals surface area contributed by atoms with Crippen molar-refractivity contribution in [3.63, 3.8) is 0 Å². The van der Waals surface area contributed by atoms with Crippen molar-refractivity contribution in [1.82, 2.24) is 10.2 Å². The highest BCUT2D eigenvalue weighted by Crippen LogP contribution is 2.19. The lowest BCUT2D eigenvalue weighted by atomic mass is 9.92. The molecule has 1 aromatic rings. The third-order valence-electron chi connectivity index (χ3n) is 4.07. The summed E-state index contributed by atoms with van der Waals surface area (Å²) in [6, 6.07) is 11.3. The fourth-order valence-electron chi connectivity index (χ4n) is 2.97. The Labute approximate surface area is 117 Å². The van der Waals surface area contributed by atoms with E-state index < -0.39 is 0 Å². The second-order valence-corrected chi connectivity index (χ2v) is 5.62. The maximum absolute atomic E-state index is 5.69. The van der Waals surface area contributed by atoms with Gasteiger partial charge in [0.25, 0.3) is 0 Å². The predicted molar refractivity (Wildman–Crippen MR) is 81.0 cm³/mol. The zero-order valence-electron chi connectivity index (χ0n) is 12.0. The van der Waals surface area contributed by atoms with Crippen LogP contribution in [0.5, 0.6) is 0 Å². The molecule has 0 aliphatic carbocycles. The lowest BCUT2D eigenvalue weighted by Crippen LogP contribution is -2.50. The molecule has 3 nitrogen and oxygen atoms in total. The van der Waals surface area contributed by atoms with Gasteiger partial charge in [0.2, 0.25) is 0 Å². The number of nitrogens with two attached hydrogens (primary N) is 1. The first kappa shape index (κ1) is 14.5. The molecule has 0 radical (unpaired) electrons. The van der Waals surface area contributed by atoms with E-state index in [-0.39, 0.29) is 0 Å². The van der Waals surface area contributed by atoms with Crippen molar-refractivity contribution in [2.75, 3.05) is 26.2 Å². The van der Waals surface area contributed by atoms with Gasteiger partial charge in [-0.2, -0.15) is 0 Å². The van der Waals surface area contributed by atoms with E-state index >= 15 is 0 Å². The lowest BCUT2D eigenvalue weighted by Gasteiger charge is -2.38. The summed E-state index contributed by atoms with van der Waals surface area (Å²) >= 11 is 0. The van der Waals surface area contributed by atoms with Gasteiger partial charge >= 0.3 is 0 Å². The number of likely N-dealkylation sites (tertiary alicyclic amines) is 1. The summed E-state index contributed by atoms with van der Waals surface area (Å²) in [4.78, 5) is 2.51. The quantitative estimate of drug-likeness (QED) is 0.821. The van der Waals surface area contributed by atoms with Gasteiger partial charge in [-0.15, -0.1) is 0 Å². The van der Waals surface area contributed by atoms with Gasteiger partial charge in [-0.05, 0) is 17.9 Å². The summed E-state index contributed by atoms with van der Waals surface area (Å²) < 4.78 is 0. The Morgan fingerprint density at radius 3 is 2.74 bits per heavy atom. The van der Waals surface area contributed by atoms with Crippen LogP contribution in [-0.2, 0) is 6.54 Å². The molecule has 0 amide bonds. The third-order valence-corrected chi connectivity index (χ3v) is 4.07. The Kier molecular flexibility index (Phi) is 5.83. The summed E-state index contributed by atoms with van der Waals surface area (Å²) in [6.45, 7) is 7.42. The Morgan fingerprint density at radius 1 is 1.26 bits per heavy atom. The largest absolute Gasteiger partial charge is 0.329 e. The van der Waals surface area contributed by atoms with Crippen molar-refractivity contribution in [2.24, 2.45) is 11.7 Å². The smallest absolute Gasteiger partial charge is 0.0208 e. The zero-order chi connectivity index (χ0) is 13.5. The first-order valence-electron chi connectivity index (χ1n) is 7.51. The van der Waals surface area contributed by atoms with Crippen molar-refractivity contribution in [3.05, 3.63) is 35.9 Å². The average Bonchev–Trinajstić information content (AvgIpc) is 2.46. The van der Waals surface area contributed by atoms with Gasteiger partial charge in [-0.1, -0.05) is 43.7 Å². The molecular formula is C16H27N3. The molecule has 3 N–H and O–H groups in total. The van der Waals surface area contributed by atoms with E-state index in [1.165, 1.54) is 24.9 Å². The molecule has 0 bridgehead atoms. The molecule has 0 saturated carbocycles. The van der Waals surface area contributed by atoms with Gasteiger partial charge in [0.05, 0.1) is 0 Å². The van der Waals surface area contributed by atoms with Crippen molar-refractivity contribution < 1.29 is 0 Å². The van der Waals surface area contributed by atoms with Crippen LogP contribution in [-0.4, -0.2) is 37.1 Å². The Balaban J connectivity index is 1.84. The van der Waals surface area contributed by atoms with E-state index in [0.717, 1.165) is 32.1 Å². The minimum absolute atomic E-state index is 0.602. The van der Waals surface area contributed by atoms with E-state index in [2.05, 4.69) is 47.5 Å². The zero-order valence-corrected chi connectivity index (χ0v) is 12.0. The molecule has 19 heavy (non-hydrogen) atoms. The van der Waals surface area contributed by atoms with E-state index in [1.807, 2.05) is 0 Å². The summed E-state index contributed by atoms with van der Waals surface area (Å²) in [6.07, 6.45) is 2.56.